The van der Waals surface area contributed by atoms with E-state index in [2.05, 4.69) is 0 Å². The fraction of sp³-hybridized carbons (Fsp3) is 0.0625. The van der Waals surface area contributed by atoms with E-state index in [1.165, 1.54) is 0 Å². The molecule has 0 fully saturated rings. The van der Waals surface area contributed by atoms with Gasteiger partial charge in [-0.1, -0.05) is 30.3 Å². The predicted octanol–water partition coefficient (Wildman–Crippen LogP) is 4.07. The summed E-state index contributed by atoms with van der Waals surface area (Å²) < 4.78 is 11.6. The average molecular weight is 378 g/mol. The van der Waals surface area contributed by atoms with Gasteiger partial charge in [0.15, 0.2) is 5.76 Å². The first-order chi connectivity index (χ1) is 9.70. The summed E-state index contributed by atoms with van der Waals surface area (Å²) in [6.07, 6.45) is 0. The number of fused-ring (bicyclic) bond motifs is 1. The van der Waals surface area contributed by atoms with E-state index in [1.807, 2.05) is 52.9 Å². The van der Waals surface area contributed by atoms with Gasteiger partial charge in [-0.15, -0.1) is 0 Å². The highest BCUT2D eigenvalue weighted by molar-refractivity contribution is 14.1. The Labute approximate surface area is 129 Å². The zero-order chi connectivity index (χ0) is 14.1. The van der Waals surface area contributed by atoms with Gasteiger partial charge in [-0.25, -0.2) is 0 Å². The first-order valence-electron chi connectivity index (χ1n) is 6.06. The van der Waals surface area contributed by atoms with Crippen molar-refractivity contribution in [2.24, 2.45) is 0 Å². The van der Waals surface area contributed by atoms with Crippen molar-refractivity contribution in [1.82, 2.24) is 0 Å². The van der Waals surface area contributed by atoms with Crippen molar-refractivity contribution < 1.29 is 9.15 Å². The Morgan fingerprint density at radius 1 is 1.10 bits per heavy atom. The van der Waals surface area contributed by atoms with Crippen molar-refractivity contribution in [1.29, 1.82) is 0 Å². The lowest BCUT2D eigenvalue weighted by Gasteiger charge is -2.07. The van der Waals surface area contributed by atoms with Crippen LogP contribution in [-0.4, -0.2) is 7.11 Å². The molecular weight excluding hydrogens is 367 g/mol. The Balaban J connectivity index is 2.32. The molecule has 20 heavy (non-hydrogen) atoms. The number of rotatable bonds is 2. The summed E-state index contributed by atoms with van der Waals surface area (Å²) in [5.41, 5.74) is 1.42. The van der Waals surface area contributed by atoms with Crippen molar-refractivity contribution in [2.45, 2.75) is 0 Å². The van der Waals surface area contributed by atoms with E-state index in [0.717, 1.165) is 5.56 Å². The third-order valence-corrected chi connectivity index (χ3v) is 4.06. The fourth-order valence-corrected chi connectivity index (χ4v) is 2.77. The van der Waals surface area contributed by atoms with Crippen LogP contribution in [0.2, 0.25) is 0 Å². The van der Waals surface area contributed by atoms with Gasteiger partial charge in [0.1, 0.15) is 14.9 Å². The maximum atomic E-state index is 12.5. The molecule has 0 N–H and O–H groups in total. The molecule has 0 radical (unpaired) electrons. The molecule has 0 unspecified atom stereocenters. The summed E-state index contributed by atoms with van der Waals surface area (Å²) >= 11 is 2.03. The molecule has 100 valence electrons. The van der Waals surface area contributed by atoms with E-state index in [0.29, 0.717) is 26.0 Å². The van der Waals surface area contributed by atoms with Gasteiger partial charge in [0.25, 0.3) is 0 Å². The third kappa shape index (κ3) is 2.20. The average Bonchev–Trinajstić information content (AvgIpc) is 2.51. The minimum absolute atomic E-state index is 0.0374. The number of methoxy groups -OCH3 is 1. The molecule has 0 bridgehead atoms. The number of ether oxygens (including phenoxy) is 1. The Morgan fingerprint density at radius 3 is 2.55 bits per heavy atom. The molecule has 0 aliphatic rings. The number of hydrogen-bond donors (Lipinski definition) is 0. The summed E-state index contributed by atoms with van der Waals surface area (Å²) in [5.74, 6) is 1.25. The Morgan fingerprint density at radius 2 is 1.85 bits per heavy atom. The molecule has 1 aromatic heterocycles. The molecule has 2 aromatic carbocycles. The molecule has 0 saturated carbocycles. The smallest absolute Gasteiger partial charge is 0.206 e. The van der Waals surface area contributed by atoms with Crippen LogP contribution in [0.15, 0.2) is 57.7 Å². The lowest BCUT2D eigenvalue weighted by atomic mass is 10.1. The van der Waals surface area contributed by atoms with Crippen LogP contribution in [0.25, 0.3) is 22.3 Å². The first kappa shape index (κ1) is 13.2. The molecule has 3 rings (SSSR count). The minimum atomic E-state index is -0.0374. The van der Waals surface area contributed by atoms with E-state index >= 15 is 0 Å². The number of hydrogen-bond acceptors (Lipinski definition) is 3. The summed E-state index contributed by atoms with van der Waals surface area (Å²) in [4.78, 5) is 12.5. The van der Waals surface area contributed by atoms with Crippen LogP contribution < -0.4 is 10.2 Å². The molecule has 4 heteroatoms. The van der Waals surface area contributed by atoms with Gasteiger partial charge < -0.3 is 9.15 Å². The van der Waals surface area contributed by atoms with Gasteiger partial charge in [0.05, 0.1) is 12.5 Å². The van der Waals surface area contributed by atoms with Crippen molar-refractivity contribution in [3.05, 3.63) is 62.3 Å². The predicted molar refractivity (Wildman–Crippen MR) is 87.2 cm³/mol. The van der Waals surface area contributed by atoms with Gasteiger partial charge in [-0.3, -0.25) is 4.79 Å². The normalized spacial score (nSPS) is 10.7. The van der Waals surface area contributed by atoms with Gasteiger partial charge in [0.2, 0.25) is 5.43 Å². The Kier molecular flexibility index (Phi) is 3.48. The largest absolute Gasteiger partial charge is 0.497 e. The van der Waals surface area contributed by atoms with E-state index in [4.69, 9.17) is 9.15 Å². The van der Waals surface area contributed by atoms with Crippen molar-refractivity contribution >= 4 is 33.6 Å². The van der Waals surface area contributed by atoms with Crippen LogP contribution in [-0.2, 0) is 0 Å². The molecule has 0 aliphatic carbocycles. The van der Waals surface area contributed by atoms with E-state index in [9.17, 15) is 4.79 Å². The maximum absolute atomic E-state index is 12.5. The number of halogens is 1. The molecule has 0 spiro atoms. The zero-order valence-corrected chi connectivity index (χ0v) is 12.9. The summed E-state index contributed by atoms with van der Waals surface area (Å²) in [6, 6.07) is 14.9. The molecule has 0 atom stereocenters. The molecular formula is C16H11IO3. The number of benzene rings is 2. The lowest BCUT2D eigenvalue weighted by molar-refractivity contribution is 0.415. The SMILES string of the molecule is COc1ccc2oc(-c3ccccc3)c(I)c(=O)c2c1. The molecule has 0 aliphatic heterocycles. The lowest BCUT2D eigenvalue weighted by Crippen LogP contribution is -2.07. The quantitative estimate of drug-likeness (QED) is 0.631. The Hall–Kier alpha value is -1.82. The second-order valence-corrected chi connectivity index (χ2v) is 5.38. The topological polar surface area (TPSA) is 39.4 Å². The van der Waals surface area contributed by atoms with Crippen LogP contribution in [0, 0.1) is 3.57 Å². The minimum Gasteiger partial charge on any atom is -0.497 e. The summed E-state index contributed by atoms with van der Waals surface area (Å²) in [5, 5.41) is 0.536. The molecule has 1 heterocycles. The maximum Gasteiger partial charge on any atom is 0.206 e. The van der Waals surface area contributed by atoms with Crippen LogP contribution in [0.1, 0.15) is 0 Å². The van der Waals surface area contributed by atoms with E-state index in [-0.39, 0.29) is 5.43 Å². The van der Waals surface area contributed by atoms with E-state index < -0.39 is 0 Å². The molecule has 0 amide bonds. The highest BCUT2D eigenvalue weighted by Gasteiger charge is 2.14. The monoisotopic (exact) mass is 378 g/mol. The van der Waals surface area contributed by atoms with Crippen molar-refractivity contribution in [3.8, 4) is 17.1 Å². The van der Waals surface area contributed by atoms with Crippen LogP contribution >= 0.6 is 22.6 Å². The third-order valence-electron chi connectivity index (χ3n) is 3.08. The van der Waals surface area contributed by atoms with Gasteiger partial charge in [-0.2, -0.15) is 0 Å². The van der Waals surface area contributed by atoms with Crippen LogP contribution in [0.3, 0.4) is 0 Å². The second kappa shape index (κ2) is 5.28. The summed E-state index contributed by atoms with van der Waals surface area (Å²) in [6.45, 7) is 0. The van der Waals surface area contributed by atoms with Crippen LogP contribution in [0.4, 0.5) is 0 Å². The molecule has 0 saturated heterocycles. The van der Waals surface area contributed by atoms with Crippen LogP contribution in [0.5, 0.6) is 5.75 Å². The van der Waals surface area contributed by atoms with E-state index in [1.54, 1.807) is 25.3 Å². The van der Waals surface area contributed by atoms with Crippen molar-refractivity contribution in [2.75, 3.05) is 7.11 Å². The second-order valence-electron chi connectivity index (χ2n) is 4.30. The Bertz CT molecular complexity index is 822. The van der Waals surface area contributed by atoms with Crippen molar-refractivity contribution in [3.63, 3.8) is 0 Å². The highest BCUT2D eigenvalue weighted by atomic mass is 127. The molecule has 3 aromatic rings. The first-order valence-corrected chi connectivity index (χ1v) is 7.14. The summed E-state index contributed by atoms with van der Waals surface area (Å²) in [7, 11) is 1.58. The van der Waals surface area contributed by atoms with Gasteiger partial charge in [-0.05, 0) is 40.8 Å². The highest BCUT2D eigenvalue weighted by Crippen LogP contribution is 2.28. The zero-order valence-electron chi connectivity index (χ0n) is 10.7. The van der Waals surface area contributed by atoms with Gasteiger partial charge in [0, 0.05) is 5.56 Å². The van der Waals surface area contributed by atoms with Gasteiger partial charge >= 0.3 is 0 Å². The fourth-order valence-electron chi connectivity index (χ4n) is 2.05. The standard InChI is InChI=1S/C16H11IO3/c1-19-11-7-8-13-12(9-11)15(18)14(17)16(20-13)10-5-3-2-4-6-10/h2-9H,1H3. The molecule has 3 nitrogen and oxygen atoms in total.